The van der Waals surface area contributed by atoms with E-state index in [-0.39, 0.29) is 5.91 Å². The van der Waals surface area contributed by atoms with Crippen LogP contribution >= 0.6 is 11.3 Å². The summed E-state index contributed by atoms with van der Waals surface area (Å²) in [6.07, 6.45) is 0. The predicted molar refractivity (Wildman–Crippen MR) is 114 cm³/mol. The van der Waals surface area contributed by atoms with Crippen LogP contribution in [0.3, 0.4) is 0 Å². The van der Waals surface area contributed by atoms with Gasteiger partial charge in [0.05, 0.1) is 17.5 Å². The van der Waals surface area contributed by atoms with Gasteiger partial charge in [0.1, 0.15) is 17.0 Å². The van der Waals surface area contributed by atoms with Crippen LogP contribution in [0.25, 0.3) is 10.2 Å². The summed E-state index contributed by atoms with van der Waals surface area (Å²) in [4.78, 5) is 22.0. The minimum Gasteiger partial charge on any atom is -0.494 e. The van der Waals surface area contributed by atoms with Crippen LogP contribution in [-0.4, -0.2) is 59.9 Å². The van der Waals surface area contributed by atoms with E-state index in [1.165, 1.54) is 11.3 Å². The SMILES string of the molecule is CCn1nc(C)cc1C(=O)N(CCN(C)C)c1nc2c(OC)ccc(C)c2s1. The van der Waals surface area contributed by atoms with Gasteiger partial charge in [-0.05, 0) is 52.6 Å². The molecule has 3 aromatic rings. The van der Waals surface area contributed by atoms with Crippen molar-refractivity contribution in [3.63, 3.8) is 0 Å². The highest BCUT2D eigenvalue weighted by atomic mass is 32.1. The number of ether oxygens (including phenoxy) is 1. The number of methoxy groups -OCH3 is 1. The van der Waals surface area contributed by atoms with Crippen LogP contribution in [-0.2, 0) is 6.54 Å². The lowest BCUT2D eigenvalue weighted by Gasteiger charge is -2.22. The van der Waals surface area contributed by atoms with Crippen LogP contribution in [0.15, 0.2) is 18.2 Å². The van der Waals surface area contributed by atoms with Crippen molar-refractivity contribution in [2.75, 3.05) is 39.2 Å². The molecule has 0 radical (unpaired) electrons. The summed E-state index contributed by atoms with van der Waals surface area (Å²) in [6, 6.07) is 5.78. The lowest BCUT2D eigenvalue weighted by atomic mass is 10.2. The molecule has 8 heteroatoms. The third-order valence-electron chi connectivity index (χ3n) is 4.58. The fourth-order valence-electron chi connectivity index (χ4n) is 3.06. The Labute approximate surface area is 169 Å². The van der Waals surface area contributed by atoms with Crippen LogP contribution in [0, 0.1) is 13.8 Å². The number of amides is 1. The summed E-state index contributed by atoms with van der Waals surface area (Å²) in [5, 5.41) is 5.10. The number of fused-ring (bicyclic) bond motifs is 1. The molecule has 3 rings (SSSR count). The quantitative estimate of drug-likeness (QED) is 0.608. The number of benzene rings is 1. The van der Waals surface area contributed by atoms with E-state index in [4.69, 9.17) is 9.72 Å². The number of rotatable bonds is 7. The van der Waals surface area contributed by atoms with E-state index in [9.17, 15) is 4.79 Å². The zero-order chi connectivity index (χ0) is 20.4. The maximum absolute atomic E-state index is 13.4. The first-order valence-corrected chi connectivity index (χ1v) is 10.1. The molecule has 0 fully saturated rings. The summed E-state index contributed by atoms with van der Waals surface area (Å²) in [7, 11) is 5.63. The lowest BCUT2D eigenvalue weighted by molar-refractivity contribution is 0.0975. The Morgan fingerprint density at radius 3 is 2.64 bits per heavy atom. The molecular formula is C20H27N5O2S. The molecule has 0 aliphatic carbocycles. The number of carbonyl (C=O) groups excluding carboxylic acids is 1. The number of hydrogen-bond donors (Lipinski definition) is 0. The first-order chi connectivity index (χ1) is 13.3. The molecule has 2 aromatic heterocycles. The molecule has 0 aliphatic rings. The van der Waals surface area contributed by atoms with E-state index in [0.29, 0.717) is 23.9 Å². The summed E-state index contributed by atoms with van der Waals surface area (Å²) < 4.78 is 8.27. The number of anilines is 1. The van der Waals surface area contributed by atoms with E-state index >= 15 is 0 Å². The van der Waals surface area contributed by atoms with Crippen molar-refractivity contribution in [2.24, 2.45) is 0 Å². The van der Waals surface area contributed by atoms with Crippen molar-refractivity contribution >= 4 is 32.6 Å². The van der Waals surface area contributed by atoms with E-state index in [1.807, 2.05) is 53.1 Å². The number of nitrogens with zero attached hydrogens (tertiary/aromatic N) is 5. The fourth-order valence-corrected chi connectivity index (χ4v) is 4.14. The molecule has 28 heavy (non-hydrogen) atoms. The van der Waals surface area contributed by atoms with Crippen LogP contribution in [0.5, 0.6) is 5.75 Å². The number of carbonyl (C=O) groups is 1. The van der Waals surface area contributed by atoms with Crippen molar-refractivity contribution in [2.45, 2.75) is 27.3 Å². The maximum Gasteiger partial charge on any atom is 0.278 e. The Hall–Kier alpha value is -2.45. The van der Waals surface area contributed by atoms with Gasteiger partial charge in [-0.15, -0.1) is 0 Å². The van der Waals surface area contributed by atoms with Gasteiger partial charge in [-0.3, -0.25) is 14.4 Å². The van der Waals surface area contributed by atoms with Crippen molar-refractivity contribution in [1.82, 2.24) is 19.7 Å². The van der Waals surface area contributed by atoms with Gasteiger partial charge in [0, 0.05) is 19.6 Å². The van der Waals surface area contributed by atoms with Gasteiger partial charge in [-0.2, -0.15) is 5.10 Å². The highest BCUT2D eigenvalue weighted by Crippen LogP contribution is 2.36. The van der Waals surface area contributed by atoms with Crippen molar-refractivity contribution < 1.29 is 9.53 Å². The summed E-state index contributed by atoms with van der Waals surface area (Å²) >= 11 is 1.52. The Morgan fingerprint density at radius 1 is 1.25 bits per heavy atom. The highest BCUT2D eigenvalue weighted by molar-refractivity contribution is 7.22. The molecule has 1 aromatic carbocycles. The minimum absolute atomic E-state index is 0.0834. The Balaban J connectivity index is 2.08. The highest BCUT2D eigenvalue weighted by Gasteiger charge is 2.25. The standard InChI is InChI=1S/C20H27N5O2S/c1-7-25-15(12-14(3)22-25)19(26)24(11-10-23(4)5)20-21-17-16(27-6)9-8-13(2)18(17)28-20/h8-9,12H,7,10-11H2,1-6H3. The van der Waals surface area contributed by atoms with E-state index in [2.05, 4.69) is 10.00 Å². The Kier molecular flexibility index (Phi) is 6.00. The molecule has 0 unspecified atom stereocenters. The second kappa shape index (κ2) is 8.28. The largest absolute Gasteiger partial charge is 0.494 e. The lowest BCUT2D eigenvalue weighted by Crippen LogP contribution is -2.37. The van der Waals surface area contributed by atoms with Gasteiger partial charge >= 0.3 is 0 Å². The number of likely N-dealkylation sites (N-methyl/N-ethyl adjacent to an activating group) is 1. The molecule has 2 heterocycles. The van der Waals surface area contributed by atoms with Gasteiger partial charge in [0.2, 0.25) is 0 Å². The van der Waals surface area contributed by atoms with Crippen LogP contribution in [0.1, 0.15) is 28.7 Å². The molecule has 0 saturated heterocycles. The molecule has 0 aliphatic heterocycles. The molecule has 7 nitrogen and oxygen atoms in total. The van der Waals surface area contributed by atoms with Crippen LogP contribution in [0.2, 0.25) is 0 Å². The molecule has 150 valence electrons. The van der Waals surface area contributed by atoms with Gasteiger partial charge < -0.3 is 9.64 Å². The zero-order valence-corrected chi connectivity index (χ0v) is 18.1. The molecule has 0 spiro atoms. The Morgan fingerprint density at radius 2 is 2.00 bits per heavy atom. The normalized spacial score (nSPS) is 11.4. The molecule has 0 bridgehead atoms. The number of thiazole rings is 1. The molecule has 0 atom stereocenters. The topological polar surface area (TPSA) is 63.5 Å². The van der Waals surface area contributed by atoms with Gasteiger partial charge in [-0.1, -0.05) is 17.4 Å². The summed E-state index contributed by atoms with van der Waals surface area (Å²) in [5.74, 6) is 0.637. The zero-order valence-electron chi connectivity index (χ0n) is 17.3. The number of aryl methyl sites for hydroxylation is 3. The van der Waals surface area contributed by atoms with E-state index < -0.39 is 0 Å². The first kappa shape index (κ1) is 20.3. The fraction of sp³-hybridized carbons (Fsp3) is 0.450. The monoisotopic (exact) mass is 401 g/mol. The average Bonchev–Trinajstić information content (AvgIpc) is 3.26. The second-order valence-corrected chi connectivity index (χ2v) is 7.98. The molecule has 1 amide bonds. The van der Waals surface area contributed by atoms with Crippen LogP contribution < -0.4 is 9.64 Å². The maximum atomic E-state index is 13.4. The van der Waals surface area contributed by atoms with Gasteiger partial charge in [0.25, 0.3) is 5.91 Å². The van der Waals surface area contributed by atoms with Gasteiger partial charge in [-0.25, -0.2) is 4.98 Å². The third-order valence-corrected chi connectivity index (χ3v) is 5.79. The van der Waals surface area contributed by atoms with Crippen LogP contribution in [0.4, 0.5) is 5.13 Å². The minimum atomic E-state index is -0.0834. The third kappa shape index (κ3) is 3.88. The van der Waals surface area contributed by atoms with Crippen molar-refractivity contribution in [3.8, 4) is 5.75 Å². The van der Waals surface area contributed by atoms with Crippen molar-refractivity contribution in [1.29, 1.82) is 0 Å². The average molecular weight is 402 g/mol. The summed E-state index contributed by atoms with van der Waals surface area (Å²) in [6.45, 7) is 7.85. The number of hydrogen-bond acceptors (Lipinski definition) is 6. The molecule has 0 saturated carbocycles. The van der Waals surface area contributed by atoms with E-state index in [0.717, 1.165) is 33.8 Å². The second-order valence-electron chi connectivity index (χ2n) is 7.01. The molecular weight excluding hydrogens is 374 g/mol. The number of aromatic nitrogens is 3. The predicted octanol–water partition coefficient (Wildman–Crippen LogP) is 3.35. The first-order valence-electron chi connectivity index (χ1n) is 9.30. The molecule has 0 N–H and O–H groups in total. The smallest absolute Gasteiger partial charge is 0.278 e. The Bertz CT molecular complexity index is 992. The van der Waals surface area contributed by atoms with Gasteiger partial charge in [0.15, 0.2) is 5.13 Å². The summed E-state index contributed by atoms with van der Waals surface area (Å²) in [5.41, 5.74) is 3.33. The van der Waals surface area contributed by atoms with E-state index in [1.54, 1.807) is 16.7 Å². The van der Waals surface area contributed by atoms with Crippen molar-refractivity contribution in [3.05, 3.63) is 35.2 Å².